The van der Waals surface area contributed by atoms with Gasteiger partial charge < -0.3 is 14.2 Å². The van der Waals surface area contributed by atoms with E-state index in [1.54, 1.807) is 0 Å². The van der Waals surface area contributed by atoms with Crippen molar-refractivity contribution >= 4 is 0 Å². The fourth-order valence-corrected chi connectivity index (χ4v) is 2.36. The number of hydrogen-bond acceptors (Lipinski definition) is 3. The highest BCUT2D eigenvalue weighted by atomic mass is 19.4. The molecule has 0 saturated carbocycles. The summed E-state index contributed by atoms with van der Waals surface area (Å²) in [7, 11) is 1.10. The van der Waals surface area contributed by atoms with E-state index in [-0.39, 0.29) is 0 Å². The van der Waals surface area contributed by atoms with E-state index in [0.717, 1.165) is 0 Å². The molecule has 0 aliphatic heterocycles. The molecular weight excluding hydrogens is 551 g/mol. The van der Waals surface area contributed by atoms with Crippen molar-refractivity contribution in [3.05, 3.63) is 0 Å². The van der Waals surface area contributed by atoms with Crippen LogP contribution in [0.2, 0.25) is 0 Å². The maximum Gasteiger partial charge on any atom is 0.389 e. The Morgan fingerprint density at radius 2 is 0.686 bits per heavy atom. The first-order valence-electron chi connectivity index (χ1n) is 8.46. The summed E-state index contributed by atoms with van der Waals surface area (Å²) >= 11 is 0. The van der Waals surface area contributed by atoms with Crippen molar-refractivity contribution in [2.75, 3.05) is 21.3 Å². The van der Waals surface area contributed by atoms with Crippen LogP contribution in [0.25, 0.3) is 0 Å². The molecule has 0 saturated heterocycles. The predicted molar refractivity (Wildman–Crippen MR) is 78.3 cm³/mol. The van der Waals surface area contributed by atoms with Crippen LogP contribution in [0.1, 0.15) is 19.3 Å². The van der Waals surface area contributed by atoms with E-state index >= 15 is 0 Å². The van der Waals surface area contributed by atoms with E-state index in [1.165, 1.54) is 0 Å². The number of ether oxygens (including phenoxy) is 3. The molecule has 0 N–H and O–H groups in total. The third-order valence-electron chi connectivity index (χ3n) is 4.59. The first-order chi connectivity index (χ1) is 15.1. The number of halogens is 17. The van der Waals surface area contributed by atoms with Gasteiger partial charge in [-0.15, -0.1) is 0 Å². The zero-order chi connectivity index (χ0) is 28.7. The molecule has 0 spiro atoms. The quantitative estimate of drug-likeness (QED) is 0.182. The maximum absolute atomic E-state index is 13.9. The van der Waals surface area contributed by atoms with E-state index in [0.29, 0.717) is 21.3 Å². The van der Waals surface area contributed by atoms with Gasteiger partial charge in [0, 0.05) is 34.2 Å². The van der Waals surface area contributed by atoms with Gasteiger partial charge in [-0.1, -0.05) is 0 Å². The Hall–Kier alpha value is -1.31. The number of hydrogen-bond donors (Lipinski definition) is 0. The van der Waals surface area contributed by atoms with Gasteiger partial charge in [0.2, 0.25) is 0 Å². The van der Waals surface area contributed by atoms with Crippen molar-refractivity contribution in [1.82, 2.24) is 0 Å². The Balaban J connectivity index is 6.59. The second-order valence-corrected chi connectivity index (χ2v) is 6.87. The van der Waals surface area contributed by atoms with E-state index < -0.39 is 72.9 Å². The average Bonchev–Trinajstić information content (AvgIpc) is 2.69. The van der Waals surface area contributed by atoms with Gasteiger partial charge in [0.1, 0.15) is 0 Å². The summed E-state index contributed by atoms with van der Waals surface area (Å²) < 4.78 is 240. The minimum Gasteiger partial charge on any atom is -0.331 e. The van der Waals surface area contributed by atoms with Crippen molar-refractivity contribution in [3.8, 4) is 0 Å². The maximum atomic E-state index is 13.9. The monoisotopic (exact) mass is 566 g/mol. The van der Waals surface area contributed by atoms with Gasteiger partial charge in [0.05, 0.1) is 6.42 Å². The van der Waals surface area contributed by atoms with Crippen molar-refractivity contribution in [2.45, 2.75) is 72.9 Å². The Morgan fingerprint density at radius 1 is 0.400 bits per heavy atom. The van der Waals surface area contributed by atoms with Crippen LogP contribution in [0.15, 0.2) is 0 Å². The second kappa shape index (κ2) is 9.53. The lowest BCUT2D eigenvalue weighted by Gasteiger charge is -2.43. The molecule has 0 aromatic rings. The van der Waals surface area contributed by atoms with Crippen LogP contribution in [0.4, 0.5) is 74.6 Å². The van der Waals surface area contributed by atoms with Crippen molar-refractivity contribution in [1.29, 1.82) is 0 Å². The minimum absolute atomic E-state index is 0.367. The van der Waals surface area contributed by atoms with Gasteiger partial charge in [-0.3, -0.25) is 0 Å². The molecule has 0 aliphatic rings. The highest BCUT2D eigenvalue weighted by Gasteiger charge is 2.92. The van der Waals surface area contributed by atoms with Gasteiger partial charge in [-0.05, 0) is 0 Å². The molecule has 3 nitrogen and oxygen atoms in total. The SMILES string of the molecule is COC(CC(F)(F)C(F)(F)C(F)(F)C(F)(F)C(F)(F)C(F)(F)C(F)(F)CCC(F)(F)F)(OC)OC. The van der Waals surface area contributed by atoms with Crippen molar-refractivity contribution in [2.24, 2.45) is 0 Å². The first-order valence-corrected chi connectivity index (χ1v) is 8.46. The molecule has 35 heavy (non-hydrogen) atoms. The van der Waals surface area contributed by atoms with E-state index in [1.807, 2.05) is 0 Å². The highest BCUT2D eigenvalue weighted by molar-refractivity contribution is 5.14. The number of methoxy groups -OCH3 is 3. The Kier molecular flexibility index (Phi) is 9.17. The van der Waals surface area contributed by atoms with Gasteiger partial charge in [-0.2, -0.15) is 74.6 Å². The summed E-state index contributed by atoms with van der Waals surface area (Å²) in [5, 5.41) is 0. The van der Waals surface area contributed by atoms with Crippen LogP contribution in [-0.4, -0.2) is 74.9 Å². The second-order valence-electron chi connectivity index (χ2n) is 6.87. The summed E-state index contributed by atoms with van der Waals surface area (Å²) in [6, 6.07) is 0. The van der Waals surface area contributed by atoms with Crippen LogP contribution in [0, 0.1) is 0 Å². The standard InChI is InChI=1S/C15H15F17O3/c1-33-10(34-2,35-3)6-8(18,19)12(25,26)14(29,30)15(31,32)13(27,28)11(23,24)7(16,17)4-5-9(20,21)22/h4-6H2,1-3H3. The molecule has 0 unspecified atom stereocenters. The number of rotatable bonds is 13. The molecule has 0 aromatic carbocycles. The molecular formula is C15H15F17O3. The first kappa shape index (κ1) is 33.7. The van der Waals surface area contributed by atoms with Crippen LogP contribution in [0.3, 0.4) is 0 Å². The Bertz CT molecular complexity index is 704. The zero-order valence-corrected chi connectivity index (χ0v) is 17.3. The van der Waals surface area contributed by atoms with Gasteiger partial charge in [0.25, 0.3) is 5.97 Å². The predicted octanol–water partition coefficient (Wildman–Crippen LogP) is 6.76. The molecule has 20 heteroatoms. The lowest BCUT2D eigenvalue weighted by Crippen LogP contribution is -2.73. The van der Waals surface area contributed by atoms with E-state index in [4.69, 9.17) is 0 Å². The summed E-state index contributed by atoms with van der Waals surface area (Å²) in [5.41, 5.74) is 0. The zero-order valence-electron chi connectivity index (χ0n) is 17.3. The van der Waals surface area contributed by atoms with Gasteiger partial charge in [0.15, 0.2) is 0 Å². The molecule has 212 valence electrons. The lowest BCUT2D eigenvalue weighted by atomic mass is 9.87. The molecule has 0 fully saturated rings. The van der Waals surface area contributed by atoms with Crippen LogP contribution < -0.4 is 0 Å². The Morgan fingerprint density at radius 3 is 0.971 bits per heavy atom. The topological polar surface area (TPSA) is 27.7 Å². The molecule has 0 radical (unpaired) electrons. The summed E-state index contributed by atoms with van der Waals surface area (Å²) in [6.45, 7) is 0. The van der Waals surface area contributed by atoms with E-state index in [2.05, 4.69) is 14.2 Å². The molecule has 0 aliphatic carbocycles. The normalized spacial score (nSPS) is 16.1. The summed E-state index contributed by atoms with van der Waals surface area (Å²) in [4.78, 5) is 0. The summed E-state index contributed by atoms with van der Waals surface area (Å²) in [5.74, 6) is -57.5. The largest absolute Gasteiger partial charge is 0.389 e. The third-order valence-corrected chi connectivity index (χ3v) is 4.59. The smallest absolute Gasteiger partial charge is 0.331 e. The van der Waals surface area contributed by atoms with Crippen molar-refractivity contribution in [3.63, 3.8) is 0 Å². The van der Waals surface area contributed by atoms with Crippen LogP contribution in [-0.2, 0) is 14.2 Å². The third kappa shape index (κ3) is 5.52. The molecule has 0 aromatic heterocycles. The fourth-order valence-electron chi connectivity index (χ4n) is 2.36. The molecule has 0 rings (SSSR count). The lowest BCUT2D eigenvalue weighted by molar-refractivity contribution is -0.452. The van der Waals surface area contributed by atoms with E-state index in [9.17, 15) is 74.6 Å². The molecule has 0 atom stereocenters. The molecule has 0 bridgehead atoms. The van der Waals surface area contributed by atoms with Crippen molar-refractivity contribution < 1.29 is 88.8 Å². The fraction of sp³-hybridized carbons (Fsp3) is 1.00. The highest BCUT2D eigenvalue weighted by Crippen LogP contribution is 2.63. The number of alkyl halides is 17. The average molecular weight is 566 g/mol. The van der Waals surface area contributed by atoms with Crippen LogP contribution >= 0.6 is 0 Å². The van der Waals surface area contributed by atoms with Gasteiger partial charge >= 0.3 is 47.6 Å². The molecule has 0 amide bonds. The van der Waals surface area contributed by atoms with Crippen LogP contribution in [0.5, 0.6) is 0 Å². The minimum atomic E-state index is -8.41. The summed E-state index contributed by atoms with van der Waals surface area (Å²) in [6.07, 6.45) is -15.2. The Labute approximate surface area is 184 Å². The van der Waals surface area contributed by atoms with Gasteiger partial charge in [-0.25, -0.2) is 0 Å². The molecule has 0 heterocycles.